The van der Waals surface area contributed by atoms with Gasteiger partial charge >= 0.3 is 6.36 Å². The molecule has 0 saturated carbocycles. The van der Waals surface area contributed by atoms with Gasteiger partial charge in [0.2, 0.25) is 0 Å². The Bertz CT molecular complexity index is 455. The molecule has 0 aliphatic carbocycles. The Hall–Kier alpha value is -1.49. The van der Waals surface area contributed by atoms with Crippen molar-refractivity contribution in [3.05, 3.63) is 41.4 Å². The summed E-state index contributed by atoms with van der Waals surface area (Å²) in [4.78, 5) is 11.7. The van der Waals surface area contributed by atoms with Gasteiger partial charge in [-0.3, -0.25) is 4.79 Å². The number of benzene rings is 1. The van der Waals surface area contributed by atoms with E-state index < -0.39 is 12.1 Å². The van der Waals surface area contributed by atoms with E-state index in [1.54, 1.807) is 6.08 Å². The van der Waals surface area contributed by atoms with Gasteiger partial charge in [-0.2, -0.15) is 0 Å². The largest absolute Gasteiger partial charge is 0.573 e. The van der Waals surface area contributed by atoms with Crippen LogP contribution in [0.1, 0.15) is 23.2 Å². The van der Waals surface area contributed by atoms with Crippen LogP contribution in [-0.4, -0.2) is 12.1 Å². The van der Waals surface area contributed by atoms with Crippen LogP contribution in [0.15, 0.2) is 30.9 Å². The van der Waals surface area contributed by atoms with Gasteiger partial charge in [0.25, 0.3) is 0 Å². The normalized spacial score (nSPS) is 11.1. The SMILES string of the molecule is C=CCCC(=O)c1cc(OC(F)(F)F)ccc1Cl. The maximum absolute atomic E-state index is 12.0. The van der Waals surface area contributed by atoms with Crippen molar-refractivity contribution in [1.82, 2.24) is 0 Å². The van der Waals surface area contributed by atoms with E-state index in [0.29, 0.717) is 6.42 Å². The minimum absolute atomic E-state index is 0.0141. The maximum atomic E-state index is 12.0. The molecule has 0 saturated heterocycles. The zero-order chi connectivity index (χ0) is 13.8. The predicted octanol–water partition coefficient (Wildman–Crippen LogP) is 4.39. The third kappa shape index (κ3) is 4.41. The molecule has 0 atom stereocenters. The Morgan fingerprint density at radius 1 is 1.44 bits per heavy atom. The second kappa shape index (κ2) is 5.91. The lowest BCUT2D eigenvalue weighted by Crippen LogP contribution is -2.17. The highest BCUT2D eigenvalue weighted by Crippen LogP contribution is 2.28. The van der Waals surface area contributed by atoms with Crippen LogP contribution in [-0.2, 0) is 0 Å². The fourth-order valence-electron chi connectivity index (χ4n) is 1.28. The van der Waals surface area contributed by atoms with Gasteiger partial charge in [-0.05, 0) is 24.6 Å². The van der Waals surface area contributed by atoms with E-state index in [4.69, 9.17) is 11.6 Å². The van der Waals surface area contributed by atoms with Gasteiger partial charge in [0.1, 0.15) is 5.75 Å². The third-order valence-corrected chi connectivity index (χ3v) is 2.38. The number of alkyl halides is 3. The lowest BCUT2D eigenvalue weighted by atomic mass is 10.1. The Kier molecular flexibility index (Phi) is 4.78. The van der Waals surface area contributed by atoms with Crippen LogP contribution in [0.2, 0.25) is 5.02 Å². The summed E-state index contributed by atoms with van der Waals surface area (Å²) >= 11 is 5.76. The Morgan fingerprint density at radius 2 is 2.11 bits per heavy atom. The van der Waals surface area contributed by atoms with Crippen molar-refractivity contribution in [3.8, 4) is 5.75 Å². The molecule has 0 bridgehead atoms. The Balaban J connectivity index is 2.94. The van der Waals surface area contributed by atoms with E-state index in [2.05, 4.69) is 11.3 Å². The molecule has 0 amide bonds. The molecule has 6 heteroatoms. The number of hydrogen-bond donors (Lipinski definition) is 0. The quantitative estimate of drug-likeness (QED) is 0.590. The Labute approximate surface area is 107 Å². The number of carbonyl (C=O) groups excluding carboxylic acids is 1. The average Bonchev–Trinajstić information content (AvgIpc) is 2.26. The zero-order valence-electron chi connectivity index (χ0n) is 9.26. The summed E-state index contributed by atoms with van der Waals surface area (Å²) in [6, 6.07) is 3.24. The lowest BCUT2D eigenvalue weighted by Gasteiger charge is -2.10. The first-order valence-electron chi connectivity index (χ1n) is 5.03. The van der Waals surface area contributed by atoms with Crippen LogP contribution < -0.4 is 4.74 Å². The van der Waals surface area contributed by atoms with Crippen molar-refractivity contribution in [3.63, 3.8) is 0 Å². The van der Waals surface area contributed by atoms with Crippen molar-refractivity contribution in [2.24, 2.45) is 0 Å². The van der Waals surface area contributed by atoms with E-state index in [0.717, 1.165) is 12.1 Å². The Morgan fingerprint density at radius 3 is 2.67 bits per heavy atom. The van der Waals surface area contributed by atoms with Crippen molar-refractivity contribution in [2.45, 2.75) is 19.2 Å². The van der Waals surface area contributed by atoms with E-state index in [-0.39, 0.29) is 22.8 Å². The topological polar surface area (TPSA) is 26.3 Å². The molecule has 1 aromatic rings. The van der Waals surface area contributed by atoms with Gasteiger partial charge in [-0.25, -0.2) is 0 Å². The van der Waals surface area contributed by atoms with Crippen molar-refractivity contribution < 1.29 is 22.7 Å². The number of hydrogen-bond acceptors (Lipinski definition) is 2. The highest BCUT2D eigenvalue weighted by molar-refractivity contribution is 6.34. The van der Waals surface area contributed by atoms with Crippen LogP contribution in [0.5, 0.6) is 5.75 Å². The number of halogens is 4. The second-order valence-corrected chi connectivity index (χ2v) is 3.85. The number of Topliss-reactive ketones (excluding diaryl/α,β-unsaturated/α-hetero) is 1. The van der Waals surface area contributed by atoms with E-state index in [1.807, 2.05) is 0 Å². The molecular formula is C12H10ClF3O2. The molecule has 0 N–H and O–H groups in total. The third-order valence-electron chi connectivity index (χ3n) is 2.05. The highest BCUT2D eigenvalue weighted by atomic mass is 35.5. The lowest BCUT2D eigenvalue weighted by molar-refractivity contribution is -0.274. The van der Waals surface area contributed by atoms with E-state index in [9.17, 15) is 18.0 Å². The summed E-state index contributed by atoms with van der Waals surface area (Å²) in [6.07, 6.45) is -2.69. The fraction of sp³-hybridized carbons (Fsp3) is 0.250. The van der Waals surface area contributed by atoms with Crippen LogP contribution in [0.25, 0.3) is 0 Å². The molecule has 1 rings (SSSR count). The predicted molar refractivity (Wildman–Crippen MR) is 61.9 cm³/mol. The number of ketones is 1. The minimum atomic E-state index is -4.80. The van der Waals surface area contributed by atoms with Crippen molar-refractivity contribution in [2.75, 3.05) is 0 Å². The average molecular weight is 279 g/mol. The van der Waals surface area contributed by atoms with Crippen molar-refractivity contribution >= 4 is 17.4 Å². The van der Waals surface area contributed by atoms with Gasteiger partial charge in [-0.15, -0.1) is 19.8 Å². The number of carbonyl (C=O) groups is 1. The molecule has 2 nitrogen and oxygen atoms in total. The van der Waals surface area contributed by atoms with Gasteiger partial charge in [0, 0.05) is 12.0 Å². The fourth-order valence-corrected chi connectivity index (χ4v) is 1.51. The first kappa shape index (κ1) is 14.6. The summed E-state index contributed by atoms with van der Waals surface area (Å²) in [5, 5.41) is 0.0959. The van der Waals surface area contributed by atoms with Gasteiger partial charge in [-0.1, -0.05) is 17.7 Å². The first-order chi connectivity index (χ1) is 8.33. The van der Waals surface area contributed by atoms with Gasteiger partial charge in [0.15, 0.2) is 5.78 Å². The molecule has 0 aromatic heterocycles. The van der Waals surface area contributed by atoms with Gasteiger partial charge < -0.3 is 4.74 Å². The summed E-state index contributed by atoms with van der Waals surface area (Å²) < 4.78 is 39.8. The first-order valence-corrected chi connectivity index (χ1v) is 5.40. The highest BCUT2D eigenvalue weighted by Gasteiger charge is 2.31. The number of ether oxygens (including phenoxy) is 1. The zero-order valence-corrected chi connectivity index (χ0v) is 10.0. The molecule has 0 heterocycles. The smallest absolute Gasteiger partial charge is 0.406 e. The molecule has 0 radical (unpaired) electrons. The molecule has 0 aliphatic heterocycles. The van der Waals surface area contributed by atoms with Crippen LogP contribution >= 0.6 is 11.6 Å². The summed E-state index contributed by atoms with van der Waals surface area (Å²) in [5.41, 5.74) is 0.0141. The molecule has 0 aliphatic rings. The molecular weight excluding hydrogens is 269 g/mol. The summed E-state index contributed by atoms with van der Waals surface area (Å²) in [7, 11) is 0. The van der Waals surface area contributed by atoms with Crippen molar-refractivity contribution in [1.29, 1.82) is 0 Å². The van der Waals surface area contributed by atoms with Crippen LogP contribution in [0, 0.1) is 0 Å². The molecule has 1 aromatic carbocycles. The summed E-state index contributed by atoms with van der Waals surface area (Å²) in [5.74, 6) is -0.818. The minimum Gasteiger partial charge on any atom is -0.406 e. The standard InChI is InChI=1S/C12H10ClF3O2/c1-2-3-4-11(17)9-7-8(5-6-10(9)13)18-12(14,15)16/h2,5-7H,1,3-4H2. The number of rotatable bonds is 5. The van der Waals surface area contributed by atoms with E-state index in [1.165, 1.54) is 6.07 Å². The molecule has 18 heavy (non-hydrogen) atoms. The molecule has 0 unspecified atom stereocenters. The molecule has 0 fully saturated rings. The maximum Gasteiger partial charge on any atom is 0.573 e. The molecule has 98 valence electrons. The van der Waals surface area contributed by atoms with Gasteiger partial charge in [0.05, 0.1) is 5.02 Å². The van der Waals surface area contributed by atoms with Crippen LogP contribution in [0.4, 0.5) is 13.2 Å². The van der Waals surface area contributed by atoms with E-state index >= 15 is 0 Å². The monoisotopic (exact) mass is 278 g/mol. The number of allylic oxidation sites excluding steroid dienone is 1. The second-order valence-electron chi connectivity index (χ2n) is 3.44. The summed E-state index contributed by atoms with van der Waals surface area (Å²) in [6.45, 7) is 3.46. The molecule has 0 spiro atoms. The van der Waals surface area contributed by atoms with Crippen LogP contribution in [0.3, 0.4) is 0 Å².